The summed E-state index contributed by atoms with van der Waals surface area (Å²) < 4.78 is 6.24. The molecule has 0 aliphatic rings. The maximum absolute atomic E-state index is 10.9. The van der Waals surface area contributed by atoms with Crippen molar-refractivity contribution in [1.29, 1.82) is 0 Å². The Balaban J connectivity index is 2.26. The second kappa shape index (κ2) is 5.39. The van der Waals surface area contributed by atoms with Crippen LogP contribution in [0, 0.1) is 10.1 Å². The van der Waals surface area contributed by atoms with Crippen molar-refractivity contribution in [1.82, 2.24) is 9.78 Å². The van der Waals surface area contributed by atoms with Crippen LogP contribution in [0.3, 0.4) is 0 Å². The largest absolute Gasteiger partial charge is 0.497 e. The molecule has 104 valence electrons. The minimum atomic E-state index is -1.43. The number of carboxylic acid groups (broad SMARTS) is 1. The van der Waals surface area contributed by atoms with Crippen LogP contribution in [-0.4, -0.2) is 32.9 Å². The highest BCUT2D eigenvalue weighted by atomic mass is 16.6. The third kappa shape index (κ3) is 2.74. The second-order valence-corrected chi connectivity index (χ2v) is 3.97. The molecule has 0 amide bonds. The predicted octanol–water partition coefficient (Wildman–Crippen LogP) is 1.55. The van der Waals surface area contributed by atoms with Crippen molar-refractivity contribution < 1.29 is 19.6 Å². The van der Waals surface area contributed by atoms with Gasteiger partial charge in [-0.1, -0.05) is 12.1 Å². The van der Waals surface area contributed by atoms with Crippen LogP contribution < -0.4 is 4.74 Å². The van der Waals surface area contributed by atoms with Crippen molar-refractivity contribution in [2.24, 2.45) is 0 Å². The van der Waals surface area contributed by atoms with Crippen LogP contribution in [0.5, 0.6) is 5.75 Å². The molecule has 2 rings (SSSR count). The summed E-state index contributed by atoms with van der Waals surface area (Å²) in [6.45, 7) is 0.234. The number of hydrogen-bond acceptors (Lipinski definition) is 5. The molecule has 0 spiro atoms. The lowest BCUT2D eigenvalue weighted by molar-refractivity contribution is -0.385. The molecule has 1 heterocycles. The molecule has 0 atom stereocenters. The van der Waals surface area contributed by atoms with E-state index in [1.807, 2.05) is 0 Å². The summed E-state index contributed by atoms with van der Waals surface area (Å²) >= 11 is 0. The number of aromatic nitrogens is 2. The molecule has 0 aliphatic heterocycles. The van der Waals surface area contributed by atoms with Gasteiger partial charge in [0.2, 0.25) is 5.69 Å². The average molecular weight is 277 g/mol. The van der Waals surface area contributed by atoms with E-state index in [2.05, 4.69) is 5.10 Å². The third-order valence-electron chi connectivity index (χ3n) is 2.65. The molecule has 1 N–H and O–H groups in total. The van der Waals surface area contributed by atoms with Crippen LogP contribution in [0.4, 0.5) is 5.69 Å². The fourth-order valence-corrected chi connectivity index (χ4v) is 1.70. The molecule has 8 heteroatoms. The van der Waals surface area contributed by atoms with Crippen LogP contribution >= 0.6 is 0 Å². The standard InChI is InChI=1S/C12H11N3O5/c1-20-9-4-2-8(3-5-9)6-14-7-10(15(18)19)11(13-14)12(16)17/h2-5,7H,6H2,1H3,(H,16,17). The molecule has 0 radical (unpaired) electrons. The second-order valence-electron chi connectivity index (χ2n) is 3.97. The monoisotopic (exact) mass is 277 g/mol. The number of aromatic carboxylic acids is 1. The number of carboxylic acids is 1. The highest BCUT2D eigenvalue weighted by Crippen LogP contribution is 2.18. The van der Waals surface area contributed by atoms with E-state index in [1.165, 1.54) is 4.68 Å². The SMILES string of the molecule is COc1ccc(Cn2cc([N+](=O)[O-])c(C(=O)O)n2)cc1. The van der Waals surface area contributed by atoms with Gasteiger partial charge in [0.05, 0.1) is 18.6 Å². The van der Waals surface area contributed by atoms with Crippen molar-refractivity contribution in [2.75, 3.05) is 7.11 Å². The van der Waals surface area contributed by atoms with Crippen LogP contribution in [0.1, 0.15) is 16.1 Å². The van der Waals surface area contributed by atoms with Gasteiger partial charge in [-0.15, -0.1) is 0 Å². The van der Waals surface area contributed by atoms with Crippen molar-refractivity contribution in [2.45, 2.75) is 6.54 Å². The molecule has 2 aromatic rings. The quantitative estimate of drug-likeness (QED) is 0.656. The molecule has 0 aliphatic carbocycles. The number of ether oxygens (including phenoxy) is 1. The maximum Gasteiger partial charge on any atom is 0.363 e. The van der Waals surface area contributed by atoms with Crippen LogP contribution in [0.15, 0.2) is 30.5 Å². The Morgan fingerprint density at radius 3 is 2.55 bits per heavy atom. The van der Waals surface area contributed by atoms with E-state index in [4.69, 9.17) is 9.84 Å². The van der Waals surface area contributed by atoms with Gasteiger partial charge in [-0.2, -0.15) is 5.10 Å². The third-order valence-corrected chi connectivity index (χ3v) is 2.65. The van der Waals surface area contributed by atoms with Crippen LogP contribution in [-0.2, 0) is 6.54 Å². The van der Waals surface area contributed by atoms with Crippen molar-refractivity contribution in [3.05, 3.63) is 51.8 Å². The summed E-state index contributed by atoms with van der Waals surface area (Å²) in [7, 11) is 1.55. The molecule has 20 heavy (non-hydrogen) atoms. The number of carbonyl (C=O) groups is 1. The normalized spacial score (nSPS) is 10.2. The topological polar surface area (TPSA) is 107 Å². The Morgan fingerprint density at radius 2 is 2.10 bits per heavy atom. The Hall–Kier alpha value is -2.90. The highest BCUT2D eigenvalue weighted by molar-refractivity contribution is 5.89. The van der Waals surface area contributed by atoms with Gasteiger partial charge in [-0.25, -0.2) is 4.79 Å². The minimum absolute atomic E-state index is 0.234. The molecule has 0 unspecified atom stereocenters. The Kier molecular flexibility index (Phi) is 3.65. The van der Waals surface area contributed by atoms with E-state index in [-0.39, 0.29) is 6.54 Å². The Labute approximate surface area is 113 Å². The maximum atomic E-state index is 10.9. The number of nitro groups is 1. The predicted molar refractivity (Wildman–Crippen MR) is 67.9 cm³/mol. The summed E-state index contributed by atoms with van der Waals surface area (Å²) in [6, 6.07) is 7.02. The van der Waals surface area contributed by atoms with E-state index in [1.54, 1.807) is 31.4 Å². The van der Waals surface area contributed by atoms with Gasteiger partial charge in [-0.3, -0.25) is 14.8 Å². The smallest absolute Gasteiger partial charge is 0.363 e. The van der Waals surface area contributed by atoms with E-state index >= 15 is 0 Å². The fraction of sp³-hybridized carbons (Fsp3) is 0.167. The first-order chi connectivity index (χ1) is 9.51. The fourth-order valence-electron chi connectivity index (χ4n) is 1.70. The first kappa shape index (κ1) is 13.5. The molecular weight excluding hydrogens is 266 g/mol. The van der Waals surface area contributed by atoms with E-state index in [9.17, 15) is 14.9 Å². The molecule has 0 fully saturated rings. The summed E-state index contributed by atoms with van der Waals surface area (Å²) in [5, 5.41) is 23.3. The minimum Gasteiger partial charge on any atom is -0.497 e. The zero-order valence-electron chi connectivity index (χ0n) is 10.5. The molecule has 0 saturated carbocycles. The van der Waals surface area contributed by atoms with Crippen molar-refractivity contribution >= 4 is 11.7 Å². The molecular formula is C12H11N3O5. The summed E-state index contributed by atoms with van der Waals surface area (Å²) in [6.07, 6.45) is 1.10. The summed E-state index contributed by atoms with van der Waals surface area (Å²) in [5.41, 5.74) is -0.269. The van der Waals surface area contributed by atoms with E-state index in [0.29, 0.717) is 5.75 Å². The number of nitrogens with zero attached hydrogens (tertiary/aromatic N) is 3. The lowest BCUT2D eigenvalue weighted by Crippen LogP contribution is -2.04. The first-order valence-corrected chi connectivity index (χ1v) is 5.59. The summed E-state index contributed by atoms with van der Waals surface area (Å²) in [4.78, 5) is 20.9. The van der Waals surface area contributed by atoms with Gasteiger partial charge in [0.25, 0.3) is 0 Å². The van der Waals surface area contributed by atoms with Gasteiger partial charge in [0, 0.05) is 0 Å². The Bertz CT molecular complexity index is 616. The van der Waals surface area contributed by atoms with Gasteiger partial charge >= 0.3 is 11.7 Å². The zero-order chi connectivity index (χ0) is 14.7. The van der Waals surface area contributed by atoms with Gasteiger partial charge < -0.3 is 9.84 Å². The zero-order valence-corrected chi connectivity index (χ0v) is 10.5. The van der Waals surface area contributed by atoms with Crippen molar-refractivity contribution in [3.63, 3.8) is 0 Å². The number of benzene rings is 1. The summed E-state index contributed by atoms with van der Waals surface area (Å²) in [5.74, 6) is -0.739. The molecule has 0 saturated heterocycles. The first-order valence-electron chi connectivity index (χ1n) is 5.59. The average Bonchev–Trinajstić information content (AvgIpc) is 2.84. The lowest BCUT2D eigenvalue weighted by Gasteiger charge is -2.03. The van der Waals surface area contributed by atoms with E-state index < -0.39 is 22.3 Å². The Morgan fingerprint density at radius 1 is 1.45 bits per heavy atom. The number of rotatable bonds is 5. The lowest BCUT2D eigenvalue weighted by atomic mass is 10.2. The number of hydrogen-bond donors (Lipinski definition) is 1. The van der Waals surface area contributed by atoms with Gasteiger partial charge in [0.1, 0.15) is 11.9 Å². The molecule has 1 aromatic heterocycles. The molecule has 1 aromatic carbocycles. The van der Waals surface area contributed by atoms with Gasteiger partial charge in [0.15, 0.2) is 0 Å². The van der Waals surface area contributed by atoms with Crippen LogP contribution in [0.2, 0.25) is 0 Å². The highest BCUT2D eigenvalue weighted by Gasteiger charge is 2.25. The van der Waals surface area contributed by atoms with E-state index in [0.717, 1.165) is 11.8 Å². The molecule has 0 bridgehead atoms. The van der Waals surface area contributed by atoms with Crippen LogP contribution in [0.25, 0.3) is 0 Å². The molecule has 8 nitrogen and oxygen atoms in total. The van der Waals surface area contributed by atoms with Crippen molar-refractivity contribution in [3.8, 4) is 5.75 Å². The van der Waals surface area contributed by atoms with Gasteiger partial charge in [-0.05, 0) is 17.7 Å². The number of methoxy groups -OCH3 is 1.